The van der Waals surface area contributed by atoms with Crippen molar-refractivity contribution in [3.63, 3.8) is 0 Å². The molecule has 1 amide bonds. The summed E-state index contributed by atoms with van der Waals surface area (Å²) in [5, 5.41) is 5.71. The predicted molar refractivity (Wildman–Crippen MR) is 147 cm³/mol. The normalized spacial score (nSPS) is 11.8. The third-order valence-electron chi connectivity index (χ3n) is 5.60. The molecule has 4 aromatic rings. The van der Waals surface area contributed by atoms with Crippen LogP contribution in [0.3, 0.4) is 0 Å². The van der Waals surface area contributed by atoms with Gasteiger partial charge in [0.2, 0.25) is 5.91 Å². The second kappa shape index (κ2) is 11.1. The first-order valence-corrected chi connectivity index (χ1v) is 13.2. The number of rotatable bonds is 7. The molecule has 0 aromatic heterocycles. The molecule has 0 fully saturated rings. The number of hydrogen-bond donors (Lipinski definition) is 1. The Labute approximate surface area is 211 Å². The Morgan fingerprint density at radius 1 is 0.657 bits per heavy atom. The van der Waals surface area contributed by atoms with E-state index in [9.17, 15) is 9.59 Å². The van der Waals surface area contributed by atoms with Crippen LogP contribution in [0.25, 0.3) is 0 Å². The lowest BCUT2D eigenvalue weighted by Crippen LogP contribution is -2.36. The number of esters is 1. The van der Waals surface area contributed by atoms with Crippen LogP contribution in [0, 0.1) is 0 Å². The Kier molecular flexibility index (Phi) is 7.71. The zero-order valence-electron chi connectivity index (χ0n) is 19.1. The summed E-state index contributed by atoms with van der Waals surface area (Å²) in [6.07, 6.45) is 0. The molecule has 4 nitrogen and oxygen atoms in total. The maximum absolute atomic E-state index is 13.6. The lowest BCUT2D eigenvalue weighted by Gasteiger charge is -2.31. The fourth-order valence-electron chi connectivity index (χ4n) is 4.08. The van der Waals surface area contributed by atoms with E-state index in [1.54, 1.807) is 12.1 Å². The highest BCUT2D eigenvalue weighted by Gasteiger charge is 2.53. The molecule has 0 bridgehead atoms. The Morgan fingerprint density at radius 3 is 1.40 bits per heavy atom. The highest BCUT2D eigenvalue weighted by Crippen LogP contribution is 2.63. The van der Waals surface area contributed by atoms with E-state index in [1.165, 1.54) is 7.11 Å². The Balaban J connectivity index is 2.08. The summed E-state index contributed by atoms with van der Waals surface area (Å²) in [7, 11) is -1.60. The molecule has 0 spiro atoms. The van der Waals surface area contributed by atoms with Gasteiger partial charge in [-0.2, -0.15) is 0 Å². The minimum Gasteiger partial charge on any atom is -0.770 e. The van der Waals surface area contributed by atoms with E-state index in [1.807, 2.05) is 109 Å². The van der Waals surface area contributed by atoms with Crippen LogP contribution in [-0.4, -0.2) is 19.0 Å². The number of benzene rings is 4. The van der Waals surface area contributed by atoms with Gasteiger partial charge in [-0.1, -0.05) is 77.7 Å². The first-order chi connectivity index (χ1) is 17.1. The summed E-state index contributed by atoms with van der Waals surface area (Å²) in [6, 6.07) is 38.3. The van der Waals surface area contributed by atoms with Gasteiger partial charge in [0.05, 0.1) is 7.11 Å². The number of para-hydroxylation sites is 1. The minimum atomic E-state index is -2.91. The molecule has 0 heterocycles. The van der Waals surface area contributed by atoms with Crippen molar-refractivity contribution in [2.75, 3.05) is 12.4 Å². The molecule has 0 aliphatic rings. The van der Waals surface area contributed by atoms with Gasteiger partial charge in [-0.25, -0.2) is 4.79 Å². The minimum absolute atomic E-state index is 0.0920. The van der Waals surface area contributed by atoms with E-state index >= 15 is 0 Å². The van der Waals surface area contributed by atoms with Crippen molar-refractivity contribution < 1.29 is 14.3 Å². The first-order valence-electron chi connectivity index (χ1n) is 11.0. The zero-order chi connectivity index (χ0) is 24.7. The van der Waals surface area contributed by atoms with Gasteiger partial charge in [-0.3, -0.25) is 4.79 Å². The van der Waals surface area contributed by atoms with Crippen LogP contribution in [0.1, 0.15) is 0 Å². The van der Waals surface area contributed by atoms with Crippen LogP contribution >= 0.6 is 7.26 Å². The maximum atomic E-state index is 13.6. The third-order valence-corrected chi connectivity index (χ3v) is 10.4. The number of hydrogen-bond acceptors (Lipinski definition) is 4. The SMILES string of the molecule is COC(=O)C(=C([S-])C(=O)Nc1ccccc1)[P+](c1ccccc1)(c1ccccc1)c1ccccc1. The number of anilines is 1. The van der Waals surface area contributed by atoms with E-state index in [2.05, 4.69) is 5.32 Å². The fraction of sp³-hybridized carbons (Fsp3) is 0.0345. The van der Waals surface area contributed by atoms with Crippen molar-refractivity contribution >= 4 is 53.4 Å². The summed E-state index contributed by atoms with van der Waals surface area (Å²) in [5.74, 6) is -1.15. The van der Waals surface area contributed by atoms with E-state index in [-0.39, 0.29) is 10.2 Å². The van der Waals surface area contributed by atoms with Crippen molar-refractivity contribution in [3.05, 3.63) is 132 Å². The lowest BCUT2D eigenvalue weighted by molar-refractivity contribution is -0.135. The zero-order valence-corrected chi connectivity index (χ0v) is 20.8. The molecule has 1 N–H and O–H groups in total. The highest BCUT2D eigenvalue weighted by molar-refractivity contribution is 8.00. The van der Waals surface area contributed by atoms with Crippen LogP contribution < -0.4 is 21.2 Å². The fourth-order valence-corrected chi connectivity index (χ4v) is 8.93. The van der Waals surface area contributed by atoms with Crippen LogP contribution in [0.2, 0.25) is 0 Å². The first kappa shape index (κ1) is 24.3. The van der Waals surface area contributed by atoms with Crippen molar-refractivity contribution in [1.82, 2.24) is 0 Å². The molecule has 35 heavy (non-hydrogen) atoms. The summed E-state index contributed by atoms with van der Waals surface area (Å²) in [5.41, 5.74) is 0.590. The quantitative estimate of drug-likeness (QED) is 0.176. The molecular weight excluding hydrogens is 473 g/mol. The van der Waals surface area contributed by atoms with Gasteiger partial charge >= 0.3 is 5.97 Å². The molecule has 0 saturated heterocycles. The summed E-state index contributed by atoms with van der Waals surface area (Å²) in [6.45, 7) is 0. The van der Waals surface area contributed by atoms with E-state index < -0.39 is 19.1 Å². The molecule has 0 atom stereocenters. The van der Waals surface area contributed by atoms with Gasteiger partial charge in [-0.05, 0) is 48.5 Å². The molecule has 4 aromatic carbocycles. The number of carbonyl (C=O) groups is 2. The smallest absolute Gasteiger partial charge is 0.373 e. The summed E-state index contributed by atoms with van der Waals surface area (Å²) < 4.78 is 5.29. The van der Waals surface area contributed by atoms with Gasteiger partial charge in [-0.15, -0.1) is 0 Å². The molecule has 0 saturated carbocycles. The van der Waals surface area contributed by atoms with Crippen molar-refractivity contribution in [1.29, 1.82) is 0 Å². The van der Waals surface area contributed by atoms with Gasteiger partial charge < -0.3 is 22.7 Å². The molecule has 0 radical (unpaired) electrons. The monoisotopic (exact) mass is 497 g/mol. The van der Waals surface area contributed by atoms with Crippen LogP contribution in [0.4, 0.5) is 5.69 Å². The summed E-state index contributed by atoms with van der Waals surface area (Å²) >= 11 is 5.77. The van der Waals surface area contributed by atoms with Gasteiger partial charge in [0.25, 0.3) is 0 Å². The summed E-state index contributed by atoms with van der Waals surface area (Å²) in [4.78, 5) is 26.9. The Morgan fingerprint density at radius 2 is 1.03 bits per heavy atom. The van der Waals surface area contributed by atoms with Crippen molar-refractivity contribution in [2.24, 2.45) is 0 Å². The maximum Gasteiger partial charge on any atom is 0.373 e. The van der Waals surface area contributed by atoms with E-state index in [0.717, 1.165) is 15.9 Å². The number of methoxy groups -OCH3 is 1. The lowest BCUT2D eigenvalue weighted by atomic mass is 10.3. The molecule has 0 unspecified atom stereocenters. The van der Waals surface area contributed by atoms with Crippen LogP contribution in [0.15, 0.2) is 132 Å². The highest BCUT2D eigenvalue weighted by atomic mass is 32.1. The van der Waals surface area contributed by atoms with Gasteiger partial charge in [0.1, 0.15) is 15.9 Å². The molecule has 0 aliphatic heterocycles. The van der Waals surface area contributed by atoms with E-state index in [0.29, 0.717) is 5.69 Å². The number of ether oxygens (including phenoxy) is 1. The van der Waals surface area contributed by atoms with Gasteiger partial charge in [0, 0.05) is 5.69 Å². The van der Waals surface area contributed by atoms with Crippen LogP contribution in [-0.2, 0) is 27.0 Å². The topological polar surface area (TPSA) is 55.4 Å². The average molecular weight is 498 g/mol. The number of amides is 1. The standard InChI is InChI=1S/C29H24NO3PS/c1-33-29(32)26(27(35)28(31)30-22-14-6-2-7-15-22)34(23-16-8-3-9-17-23,24-18-10-4-11-19-24)25-20-12-5-13-21-25/h2-21H,1H3,(H-,30,31,32,35). The van der Waals surface area contributed by atoms with Gasteiger partial charge in [0.15, 0.2) is 12.6 Å². The molecule has 4 rings (SSSR count). The largest absolute Gasteiger partial charge is 0.770 e. The van der Waals surface area contributed by atoms with E-state index in [4.69, 9.17) is 17.4 Å². The molecule has 0 aliphatic carbocycles. The Hall–Kier alpha value is -3.79. The third kappa shape index (κ3) is 4.88. The van der Waals surface area contributed by atoms with Crippen molar-refractivity contribution in [3.8, 4) is 0 Å². The van der Waals surface area contributed by atoms with Crippen molar-refractivity contribution in [2.45, 2.75) is 0 Å². The molecule has 174 valence electrons. The number of nitrogens with one attached hydrogen (secondary N) is 1. The van der Waals surface area contributed by atoms with Crippen LogP contribution in [0.5, 0.6) is 0 Å². The number of carbonyl (C=O) groups excluding carboxylic acids is 2. The predicted octanol–water partition coefficient (Wildman–Crippen LogP) is 4.55. The second-order valence-electron chi connectivity index (χ2n) is 7.67. The average Bonchev–Trinajstić information content (AvgIpc) is 2.93. The second-order valence-corrected chi connectivity index (χ2v) is 11.4. The Bertz CT molecular complexity index is 1230. The molecular formula is C29H24NO3PS. The molecule has 6 heteroatoms.